The first-order chi connectivity index (χ1) is 4.27. The largest absolute Gasteiger partial charge is 0.327 e. The molecule has 1 saturated carbocycles. The van der Waals surface area contributed by atoms with Gasteiger partial charge in [0.1, 0.15) is 0 Å². The van der Waals surface area contributed by atoms with Gasteiger partial charge in [0.2, 0.25) is 0 Å². The molecule has 1 aliphatic rings. The summed E-state index contributed by atoms with van der Waals surface area (Å²) in [5, 5.41) is 0. The average molecular weight is 127 g/mol. The van der Waals surface area contributed by atoms with Crippen molar-refractivity contribution in [2.45, 2.75) is 39.2 Å². The van der Waals surface area contributed by atoms with Crippen LogP contribution in [0.2, 0.25) is 0 Å². The Bertz CT molecular complexity index is 82.6. The molecule has 9 heavy (non-hydrogen) atoms. The van der Waals surface area contributed by atoms with Crippen LogP contribution in [0.4, 0.5) is 0 Å². The van der Waals surface area contributed by atoms with Gasteiger partial charge >= 0.3 is 0 Å². The fourth-order valence-corrected chi connectivity index (χ4v) is 1.47. The highest BCUT2D eigenvalue weighted by Gasteiger charge is 2.42. The molecule has 2 N–H and O–H groups in total. The fourth-order valence-electron chi connectivity index (χ4n) is 1.47. The van der Waals surface area contributed by atoms with Crippen LogP contribution in [0.1, 0.15) is 33.1 Å². The molecule has 0 bridgehead atoms. The second-order valence-corrected chi connectivity index (χ2v) is 3.24. The summed E-state index contributed by atoms with van der Waals surface area (Å²) < 4.78 is 0. The van der Waals surface area contributed by atoms with E-state index in [4.69, 9.17) is 5.73 Å². The molecule has 0 amide bonds. The van der Waals surface area contributed by atoms with Crippen molar-refractivity contribution >= 4 is 0 Å². The zero-order valence-electron chi connectivity index (χ0n) is 6.43. The first-order valence-corrected chi connectivity index (χ1v) is 4.03. The first kappa shape index (κ1) is 7.07. The summed E-state index contributed by atoms with van der Waals surface area (Å²) in [6, 6.07) is 0.538. The number of hydrogen-bond donors (Lipinski definition) is 1. The molecule has 54 valence electrons. The molecule has 0 spiro atoms. The minimum Gasteiger partial charge on any atom is -0.327 e. The summed E-state index contributed by atoms with van der Waals surface area (Å²) in [7, 11) is 0. The molecule has 0 aromatic heterocycles. The molecular formula is C8H17N. The van der Waals surface area contributed by atoms with Crippen molar-refractivity contribution in [1.82, 2.24) is 0 Å². The molecule has 1 fully saturated rings. The van der Waals surface area contributed by atoms with Crippen LogP contribution in [0.25, 0.3) is 0 Å². The van der Waals surface area contributed by atoms with Crippen LogP contribution in [-0.2, 0) is 0 Å². The van der Waals surface area contributed by atoms with Crippen molar-refractivity contribution in [2.24, 2.45) is 17.6 Å². The maximum absolute atomic E-state index is 5.75. The molecule has 1 aliphatic carbocycles. The highest BCUT2D eigenvalue weighted by atomic mass is 14.8. The van der Waals surface area contributed by atoms with Crippen molar-refractivity contribution in [3.05, 3.63) is 0 Å². The molecule has 0 heterocycles. The number of nitrogens with two attached hydrogens (primary N) is 1. The lowest BCUT2D eigenvalue weighted by Crippen LogP contribution is -2.02. The van der Waals surface area contributed by atoms with Crippen LogP contribution in [0, 0.1) is 11.8 Å². The van der Waals surface area contributed by atoms with Crippen molar-refractivity contribution in [3.63, 3.8) is 0 Å². The normalized spacial score (nSPS) is 41.0. The zero-order chi connectivity index (χ0) is 6.85. The zero-order valence-corrected chi connectivity index (χ0v) is 6.43. The van der Waals surface area contributed by atoms with E-state index in [-0.39, 0.29) is 0 Å². The molecule has 0 aromatic carbocycles. The SMILES string of the molecule is CCCCC1C(C)C1N. The van der Waals surface area contributed by atoms with Gasteiger partial charge in [0, 0.05) is 6.04 Å². The van der Waals surface area contributed by atoms with Crippen LogP contribution in [0.15, 0.2) is 0 Å². The quantitative estimate of drug-likeness (QED) is 0.614. The summed E-state index contributed by atoms with van der Waals surface area (Å²) in [6.07, 6.45) is 4.04. The molecule has 0 aromatic rings. The number of unbranched alkanes of at least 4 members (excludes halogenated alkanes) is 1. The Morgan fingerprint density at radius 2 is 2.00 bits per heavy atom. The second kappa shape index (κ2) is 2.70. The molecule has 1 rings (SSSR count). The van der Waals surface area contributed by atoms with Gasteiger partial charge in [-0.05, 0) is 18.3 Å². The third-order valence-corrected chi connectivity index (χ3v) is 2.53. The van der Waals surface area contributed by atoms with Crippen LogP contribution < -0.4 is 5.73 Å². The van der Waals surface area contributed by atoms with E-state index >= 15 is 0 Å². The van der Waals surface area contributed by atoms with Gasteiger partial charge in [-0.15, -0.1) is 0 Å². The predicted molar refractivity (Wildman–Crippen MR) is 40.2 cm³/mol. The lowest BCUT2D eigenvalue weighted by molar-refractivity contribution is 0.614. The van der Waals surface area contributed by atoms with E-state index in [9.17, 15) is 0 Å². The lowest BCUT2D eigenvalue weighted by Gasteiger charge is -1.92. The van der Waals surface area contributed by atoms with Crippen molar-refractivity contribution in [2.75, 3.05) is 0 Å². The molecule has 1 heteroatoms. The van der Waals surface area contributed by atoms with Crippen molar-refractivity contribution in [1.29, 1.82) is 0 Å². The van der Waals surface area contributed by atoms with Gasteiger partial charge in [-0.3, -0.25) is 0 Å². The monoisotopic (exact) mass is 127 g/mol. The lowest BCUT2D eigenvalue weighted by atomic mass is 10.1. The summed E-state index contributed by atoms with van der Waals surface area (Å²) >= 11 is 0. The Morgan fingerprint density at radius 3 is 2.33 bits per heavy atom. The van der Waals surface area contributed by atoms with Gasteiger partial charge in [-0.25, -0.2) is 0 Å². The van der Waals surface area contributed by atoms with Gasteiger partial charge in [0.25, 0.3) is 0 Å². The van der Waals surface area contributed by atoms with Crippen LogP contribution in [0.3, 0.4) is 0 Å². The Morgan fingerprint density at radius 1 is 1.44 bits per heavy atom. The van der Waals surface area contributed by atoms with Crippen molar-refractivity contribution < 1.29 is 0 Å². The average Bonchev–Trinajstić information content (AvgIpc) is 2.39. The van der Waals surface area contributed by atoms with E-state index < -0.39 is 0 Å². The Labute approximate surface area is 57.6 Å². The number of rotatable bonds is 3. The summed E-state index contributed by atoms with van der Waals surface area (Å²) in [5.74, 6) is 1.68. The van der Waals surface area contributed by atoms with Gasteiger partial charge in [-0.1, -0.05) is 26.7 Å². The molecule has 3 atom stereocenters. The van der Waals surface area contributed by atoms with E-state index in [0.29, 0.717) is 6.04 Å². The highest BCUT2D eigenvalue weighted by Crippen LogP contribution is 2.40. The van der Waals surface area contributed by atoms with Crippen LogP contribution >= 0.6 is 0 Å². The Balaban J connectivity index is 2.04. The van der Waals surface area contributed by atoms with E-state index in [0.717, 1.165) is 11.8 Å². The highest BCUT2D eigenvalue weighted by molar-refractivity contribution is 4.97. The summed E-state index contributed by atoms with van der Waals surface area (Å²) in [4.78, 5) is 0. The number of hydrogen-bond acceptors (Lipinski definition) is 1. The first-order valence-electron chi connectivity index (χ1n) is 4.03. The third-order valence-electron chi connectivity index (χ3n) is 2.53. The maximum Gasteiger partial charge on any atom is 0.00993 e. The molecule has 3 unspecified atom stereocenters. The molecule has 0 radical (unpaired) electrons. The molecular weight excluding hydrogens is 110 g/mol. The molecule has 1 nitrogen and oxygen atoms in total. The molecule has 0 aliphatic heterocycles. The van der Waals surface area contributed by atoms with Crippen molar-refractivity contribution in [3.8, 4) is 0 Å². The molecule has 0 saturated heterocycles. The third kappa shape index (κ3) is 1.45. The van der Waals surface area contributed by atoms with Gasteiger partial charge in [0.15, 0.2) is 0 Å². The second-order valence-electron chi connectivity index (χ2n) is 3.24. The fraction of sp³-hybridized carbons (Fsp3) is 1.00. The topological polar surface area (TPSA) is 26.0 Å². The summed E-state index contributed by atoms with van der Waals surface area (Å²) in [6.45, 7) is 4.49. The Hall–Kier alpha value is -0.0400. The van der Waals surface area contributed by atoms with E-state index in [2.05, 4.69) is 13.8 Å². The predicted octanol–water partition coefficient (Wildman–Crippen LogP) is 1.77. The summed E-state index contributed by atoms with van der Waals surface area (Å²) in [5.41, 5.74) is 5.75. The van der Waals surface area contributed by atoms with E-state index in [1.54, 1.807) is 0 Å². The van der Waals surface area contributed by atoms with Crippen LogP contribution in [-0.4, -0.2) is 6.04 Å². The van der Waals surface area contributed by atoms with Gasteiger partial charge < -0.3 is 5.73 Å². The van der Waals surface area contributed by atoms with E-state index in [1.807, 2.05) is 0 Å². The minimum atomic E-state index is 0.538. The Kier molecular flexibility index (Phi) is 2.12. The maximum atomic E-state index is 5.75. The minimum absolute atomic E-state index is 0.538. The van der Waals surface area contributed by atoms with Gasteiger partial charge in [-0.2, -0.15) is 0 Å². The van der Waals surface area contributed by atoms with Crippen LogP contribution in [0.5, 0.6) is 0 Å². The standard InChI is InChI=1S/C8H17N/c1-3-4-5-7-6(2)8(7)9/h6-8H,3-5,9H2,1-2H3. The van der Waals surface area contributed by atoms with Gasteiger partial charge in [0.05, 0.1) is 0 Å². The smallest absolute Gasteiger partial charge is 0.00993 e. The van der Waals surface area contributed by atoms with E-state index in [1.165, 1.54) is 19.3 Å².